The van der Waals surface area contributed by atoms with Crippen LogP contribution in [0, 0.1) is 5.82 Å². The summed E-state index contributed by atoms with van der Waals surface area (Å²) >= 11 is 1.40. The van der Waals surface area contributed by atoms with Gasteiger partial charge in [-0.3, -0.25) is 9.78 Å². The second-order valence-corrected chi connectivity index (χ2v) is 6.77. The number of aromatic nitrogens is 1. The summed E-state index contributed by atoms with van der Waals surface area (Å²) in [6, 6.07) is 10.9. The van der Waals surface area contributed by atoms with Crippen molar-refractivity contribution in [3.63, 3.8) is 0 Å². The monoisotopic (exact) mass is 330 g/mol. The van der Waals surface area contributed by atoms with Crippen molar-refractivity contribution in [3.8, 4) is 0 Å². The third-order valence-corrected chi connectivity index (χ3v) is 4.87. The number of carbonyl (C=O) groups excluding carboxylic acids is 1. The molecule has 0 unspecified atom stereocenters. The molecule has 120 valence electrons. The van der Waals surface area contributed by atoms with E-state index in [0.717, 1.165) is 18.4 Å². The molecule has 0 aliphatic heterocycles. The summed E-state index contributed by atoms with van der Waals surface area (Å²) in [7, 11) is 0. The molecule has 0 saturated heterocycles. The molecule has 1 fully saturated rings. The van der Waals surface area contributed by atoms with Crippen molar-refractivity contribution in [1.82, 2.24) is 9.88 Å². The van der Waals surface area contributed by atoms with E-state index in [-0.39, 0.29) is 11.7 Å². The fourth-order valence-corrected chi connectivity index (χ4v) is 3.32. The minimum atomic E-state index is -0.221. The standard InChI is InChI=1S/C18H19FN2OS/c19-16-3-1-2-4-17(16)23-12-9-18(22)21(15-5-6-15)13-14-7-10-20-11-8-14/h1-4,7-8,10-11,15H,5-6,9,12-13H2. The molecule has 1 aromatic heterocycles. The van der Waals surface area contributed by atoms with E-state index in [1.807, 2.05) is 23.1 Å². The van der Waals surface area contributed by atoms with E-state index >= 15 is 0 Å². The molecule has 0 atom stereocenters. The van der Waals surface area contributed by atoms with Gasteiger partial charge in [0.1, 0.15) is 5.82 Å². The quantitative estimate of drug-likeness (QED) is 0.722. The van der Waals surface area contributed by atoms with E-state index in [4.69, 9.17) is 0 Å². The zero-order chi connectivity index (χ0) is 16.1. The molecule has 3 rings (SSSR count). The van der Waals surface area contributed by atoms with Gasteiger partial charge < -0.3 is 4.90 Å². The average molecular weight is 330 g/mol. The number of benzene rings is 1. The van der Waals surface area contributed by atoms with Crippen molar-refractivity contribution in [2.24, 2.45) is 0 Å². The molecule has 0 radical (unpaired) electrons. The Morgan fingerprint density at radius 2 is 1.96 bits per heavy atom. The molecule has 1 heterocycles. The number of amides is 1. The van der Waals surface area contributed by atoms with Crippen molar-refractivity contribution in [1.29, 1.82) is 0 Å². The molecule has 3 nitrogen and oxygen atoms in total. The van der Waals surface area contributed by atoms with E-state index < -0.39 is 0 Å². The van der Waals surface area contributed by atoms with Gasteiger partial charge in [0.15, 0.2) is 0 Å². The fourth-order valence-electron chi connectivity index (χ4n) is 2.45. The maximum Gasteiger partial charge on any atom is 0.223 e. The number of rotatable bonds is 7. The topological polar surface area (TPSA) is 33.2 Å². The lowest BCUT2D eigenvalue weighted by Crippen LogP contribution is -2.32. The molecular weight excluding hydrogens is 311 g/mol. The molecular formula is C18H19FN2OS. The Hall–Kier alpha value is -1.88. The summed E-state index contributed by atoms with van der Waals surface area (Å²) in [5.41, 5.74) is 1.10. The van der Waals surface area contributed by atoms with Crippen LogP contribution in [-0.4, -0.2) is 27.6 Å². The highest BCUT2D eigenvalue weighted by molar-refractivity contribution is 7.99. The Bertz CT molecular complexity index is 661. The summed E-state index contributed by atoms with van der Waals surface area (Å²) in [6.07, 6.45) is 6.09. The predicted molar refractivity (Wildman–Crippen MR) is 89.6 cm³/mol. The van der Waals surface area contributed by atoms with Crippen LogP contribution in [0.4, 0.5) is 4.39 Å². The molecule has 0 bridgehead atoms. The van der Waals surface area contributed by atoms with Crippen LogP contribution >= 0.6 is 11.8 Å². The fraction of sp³-hybridized carbons (Fsp3) is 0.333. The molecule has 1 aliphatic rings. The lowest BCUT2D eigenvalue weighted by atomic mass is 10.2. The number of thioether (sulfide) groups is 1. The maximum atomic E-state index is 13.6. The number of pyridine rings is 1. The van der Waals surface area contributed by atoms with Gasteiger partial charge in [-0.15, -0.1) is 11.8 Å². The first-order valence-corrected chi connectivity index (χ1v) is 8.78. The van der Waals surface area contributed by atoms with E-state index in [1.54, 1.807) is 24.5 Å². The minimum absolute atomic E-state index is 0.146. The first-order valence-electron chi connectivity index (χ1n) is 7.80. The van der Waals surface area contributed by atoms with Gasteiger partial charge in [-0.25, -0.2) is 4.39 Å². The highest BCUT2D eigenvalue weighted by Gasteiger charge is 2.32. The van der Waals surface area contributed by atoms with Gasteiger partial charge in [0.05, 0.1) is 0 Å². The summed E-state index contributed by atoms with van der Waals surface area (Å²) in [4.78, 5) is 19.1. The summed E-state index contributed by atoms with van der Waals surface area (Å²) in [6.45, 7) is 0.635. The highest BCUT2D eigenvalue weighted by Crippen LogP contribution is 2.29. The smallest absolute Gasteiger partial charge is 0.223 e. The van der Waals surface area contributed by atoms with Gasteiger partial charge >= 0.3 is 0 Å². The van der Waals surface area contributed by atoms with E-state index in [2.05, 4.69) is 4.98 Å². The Balaban J connectivity index is 1.54. The predicted octanol–water partition coefficient (Wildman–Crippen LogP) is 3.89. The Labute approximate surface area is 139 Å². The molecule has 1 saturated carbocycles. The van der Waals surface area contributed by atoms with Gasteiger partial charge in [-0.05, 0) is 42.7 Å². The number of nitrogens with zero attached hydrogens (tertiary/aromatic N) is 2. The maximum absolute atomic E-state index is 13.6. The Morgan fingerprint density at radius 1 is 1.22 bits per heavy atom. The molecule has 1 amide bonds. The van der Waals surface area contributed by atoms with Crippen molar-refractivity contribution >= 4 is 17.7 Å². The van der Waals surface area contributed by atoms with Crippen LogP contribution in [0.3, 0.4) is 0 Å². The SMILES string of the molecule is O=C(CCSc1ccccc1F)N(Cc1ccncc1)C1CC1. The van der Waals surface area contributed by atoms with Crippen LogP contribution in [0.2, 0.25) is 0 Å². The number of hydrogen-bond acceptors (Lipinski definition) is 3. The van der Waals surface area contributed by atoms with Crippen LogP contribution in [0.15, 0.2) is 53.7 Å². The Kier molecular flexibility index (Phi) is 5.28. The van der Waals surface area contributed by atoms with Crippen LogP contribution in [0.25, 0.3) is 0 Å². The molecule has 2 aromatic rings. The van der Waals surface area contributed by atoms with Crippen LogP contribution in [0.5, 0.6) is 0 Å². The molecule has 0 N–H and O–H groups in total. The first-order chi connectivity index (χ1) is 11.2. The Morgan fingerprint density at radius 3 is 2.65 bits per heavy atom. The number of halogens is 1. The van der Waals surface area contributed by atoms with E-state index in [9.17, 15) is 9.18 Å². The van der Waals surface area contributed by atoms with Gasteiger partial charge in [-0.1, -0.05) is 12.1 Å². The van der Waals surface area contributed by atoms with Crippen LogP contribution in [0.1, 0.15) is 24.8 Å². The number of hydrogen-bond donors (Lipinski definition) is 0. The lowest BCUT2D eigenvalue weighted by molar-refractivity contribution is -0.131. The third kappa shape index (κ3) is 4.55. The second kappa shape index (κ2) is 7.59. The second-order valence-electron chi connectivity index (χ2n) is 5.64. The molecule has 23 heavy (non-hydrogen) atoms. The van der Waals surface area contributed by atoms with Crippen molar-refractivity contribution in [2.75, 3.05) is 5.75 Å². The van der Waals surface area contributed by atoms with Crippen molar-refractivity contribution in [2.45, 2.75) is 36.7 Å². The summed E-state index contributed by atoms with van der Waals surface area (Å²) in [5, 5.41) is 0. The average Bonchev–Trinajstić information content (AvgIpc) is 3.40. The van der Waals surface area contributed by atoms with Gasteiger partial charge in [0.25, 0.3) is 0 Å². The largest absolute Gasteiger partial charge is 0.335 e. The highest BCUT2D eigenvalue weighted by atomic mass is 32.2. The van der Waals surface area contributed by atoms with Gasteiger partial charge in [-0.2, -0.15) is 0 Å². The normalized spacial score (nSPS) is 13.8. The van der Waals surface area contributed by atoms with Gasteiger partial charge in [0.2, 0.25) is 5.91 Å². The lowest BCUT2D eigenvalue weighted by Gasteiger charge is -2.22. The molecule has 1 aliphatic carbocycles. The minimum Gasteiger partial charge on any atom is -0.335 e. The van der Waals surface area contributed by atoms with Crippen LogP contribution in [-0.2, 0) is 11.3 Å². The summed E-state index contributed by atoms with van der Waals surface area (Å²) < 4.78 is 13.6. The van der Waals surface area contributed by atoms with E-state index in [1.165, 1.54) is 17.8 Å². The number of carbonyl (C=O) groups is 1. The van der Waals surface area contributed by atoms with Gasteiger partial charge in [0, 0.05) is 42.0 Å². The molecule has 5 heteroatoms. The third-order valence-electron chi connectivity index (χ3n) is 3.82. The van der Waals surface area contributed by atoms with Crippen molar-refractivity contribution in [3.05, 3.63) is 60.2 Å². The van der Waals surface area contributed by atoms with Crippen LogP contribution < -0.4 is 0 Å². The zero-order valence-electron chi connectivity index (χ0n) is 12.8. The summed E-state index contributed by atoms with van der Waals surface area (Å²) in [5.74, 6) is 0.521. The zero-order valence-corrected chi connectivity index (χ0v) is 13.6. The molecule has 1 aromatic carbocycles. The first kappa shape index (κ1) is 16.0. The van der Waals surface area contributed by atoms with Crippen molar-refractivity contribution < 1.29 is 9.18 Å². The molecule has 0 spiro atoms. The van der Waals surface area contributed by atoms with E-state index in [0.29, 0.717) is 29.7 Å².